The Morgan fingerprint density at radius 1 is 1.33 bits per heavy atom. The van der Waals surface area contributed by atoms with Gasteiger partial charge in [-0.2, -0.15) is 0 Å². The lowest BCUT2D eigenvalue weighted by Crippen LogP contribution is -2.23. The van der Waals surface area contributed by atoms with Crippen LogP contribution in [0, 0.1) is 0 Å². The van der Waals surface area contributed by atoms with Crippen molar-refractivity contribution >= 4 is 10.9 Å². The molecule has 0 radical (unpaired) electrons. The van der Waals surface area contributed by atoms with Crippen LogP contribution in [-0.4, -0.2) is 31.9 Å². The molecule has 1 atom stereocenters. The standard InChI is InChI=1S/C14H18N2O2/c1-17-11-4-3-10-7-13(16-12(10)8-11)14-9-18-6-2-5-15-14/h3-4,7-8,14-16H,2,5-6,9H2,1H3. The Hall–Kier alpha value is -1.52. The smallest absolute Gasteiger partial charge is 0.120 e. The fourth-order valence-electron chi connectivity index (χ4n) is 2.35. The van der Waals surface area contributed by atoms with Gasteiger partial charge in [-0.15, -0.1) is 0 Å². The topological polar surface area (TPSA) is 46.3 Å². The molecule has 0 spiro atoms. The zero-order valence-electron chi connectivity index (χ0n) is 10.5. The normalized spacial score (nSPS) is 20.8. The van der Waals surface area contributed by atoms with Crippen molar-refractivity contribution in [2.75, 3.05) is 26.9 Å². The van der Waals surface area contributed by atoms with Crippen LogP contribution in [0.3, 0.4) is 0 Å². The summed E-state index contributed by atoms with van der Waals surface area (Å²) in [5, 5.41) is 4.71. The van der Waals surface area contributed by atoms with Crippen LogP contribution in [0.5, 0.6) is 5.75 Å². The Labute approximate surface area is 106 Å². The molecular formula is C14H18N2O2. The van der Waals surface area contributed by atoms with E-state index < -0.39 is 0 Å². The zero-order valence-corrected chi connectivity index (χ0v) is 10.5. The molecule has 1 aromatic heterocycles. The molecule has 0 bridgehead atoms. The third-order valence-electron chi connectivity index (χ3n) is 3.37. The maximum absolute atomic E-state index is 5.60. The monoisotopic (exact) mass is 246 g/mol. The molecule has 0 aliphatic carbocycles. The predicted octanol–water partition coefficient (Wildman–Crippen LogP) is 2.23. The molecule has 0 amide bonds. The molecule has 1 fully saturated rings. The van der Waals surface area contributed by atoms with Gasteiger partial charge in [0.1, 0.15) is 5.75 Å². The first-order valence-corrected chi connectivity index (χ1v) is 6.34. The van der Waals surface area contributed by atoms with E-state index in [2.05, 4.69) is 22.4 Å². The molecular weight excluding hydrogens is 228 g/mol. The minimum absolute atomic E-state index is 0.255. The van der Waals surface area contributed by atoms with Crippen molar-refractivity contribution in [3.05, 3.63) is 30.0 Å². The lowest BCUT2D eigenvalue weighted by molar-refractivity contribution is 0.131. The summed E-state index contributed by atoms with van der Waals surface area (Å²) in [4.78, 5) is 3.45. The van der Waals surface area contributed by atoms with Gasteiger partial charge in [-0.3, -0.25) is 0 Å². The molecule has 2 N–H and O–H groups in total. The number of H-pyrrole nitrogens is 1. The van der Waals surface area contributed by atoms with Crippen molar-refractivity contribution in [1.29, 1.82) is 0 Å². The first-order valence-electron chi connectivity index (χ1n) is 6.34. The van der Waals surface area contributed by atoms with Crippen molar-refractivity contribution in [2.24, 2.45) is 0 Å². The Balaban J connectivity index is 1.91. The van der Waals surface area contributed by atoms with Crippen LogP contribution < -0.4 is 10.1 Å². The molecule has 1 aliphatic rings. The summed E-state index contributed by atoms with van der Waals surface area (Å²) in [5.74, 6) is 0.876. The van der Waals surface area contributed by atoms with Crippen LogP contribution in [0.25, 0.3) is 10.9 Å². The molecule has 1 aliphatic heterocycles. The van der Waals surface area contributed by atoms with E-state index in [1.807, 2.05) is 12.1 Å². The lowest BCUT2D eigenvalue weighted by Gasteiger charge is -2.13. The average Bonchev–Trinajstić information content (AvgIpc) is 2.63. The molecule has 2 heterocycles. The summed E-state index contributed by atoms with van der Waals surface area (Å²) in [5.41, 5.74) is 2.29. The molecule has 2 aromatic rings. The number of hydrogen-bond donors (Lipinski definition) is 2. The number of nitrogens with one attached hydrogen (secondary N) is 2. The van der Waals surface area contributed by atoms with Crippen molar-refractivity contribution in [1.82, 2.24) is 10.3 Å². The van der Waals surface area contributed by atoms with Crippen LogP contribution in [0.15, 0.2) is 24.3 Å². The highest BCUT2D eigenvalue weighted by Crippen LogP contribution is 2.24. The Bertz CT molecular complexity index is 528. The van der Waals surface area contributed by atoms with Gasteiger partial charge in [-0.25, -0.2) is 0 Å². The number of rotatable bonds is 2. The Kier molecular flexibility index (Phi) is 3.21. The van der Waals surface area contributed by atoms with Gasteiger partial charge in [0.15, 0.2) is 0 Å². The molecule has 4 nitrogen and oxygen atoms in total. The Morgan fingerprint density at radius 3 is 3.17 bits per heavy atom. The van der Waals surface area contributed by atoms with Crippen molar-refractivity contribution in [3.8, 4) is 5.75 Å². The van der Waals surface area contributed by atoms with Crippen LogP contribution in [0.4, 0.5) is 0 Å². The number of aromatic amines is 1. The van der Waals surface area contributed by atoms with Crippen LogP contribution >= 0.6 is 0 Å². The largest absolute Gasteiger partial charge is 0.497 e. The van der Waals surface area contributed by atoms with Gasteiger partial charge in [-0.1, -0.05) is 0 Å². The number of fused-ring (bicyclic) bond motifs is 1. The van der Waals surface area contributed by atoms with Crippen LogP contribution in [-0.2, 0) is 4.74 Å². The van der Waals surface area contributed by atoms with E-state index in [0.29, 0.717) is 0 Å². The summed E-state index contributed by atoms with van der Waals surface area (Å²) in [7, 11) is 1.69. The van der Waals surface area contributed by atoms with E-state index in [1.54, 1.807) is 7.11 Å². The van der Waals surface area contributed by atoms with E-state index in [9.17, 15) is 0 Å². The number of aromatic nitrogens is 1. The van der Waals surface area contributed by atoms with Gasteiger partial charge < -0.3 is 19.8 Å². The highest BCUT2D eigenvalue weighted by Gasteiger charge is 2.16. The molecule has 1 aromatic carbocycles. The molecule has 3 rings (SSSR count). The van der Waals surface area contributed by atoms with Gasteiger partial charge in [-0.05, 0) is 36.6 Å². The number of hydrogen-bond acceptors (Lipinski definition) is 3. The molecule has 4 heteroatoms. The second kappa shape index (κ2) is 5.00. The van der Waals surface area contributed by atoms with Crippen LogP contribution in [0.1, 0.15) is 18.2 Å². The van der Waals surface area contributed by atoms with Gasteiger partial charge in [0.2, 0.25) is 0 Å². The van der Waals surface area contributed by atoms with E-state index >= 15 is 0 Å². The van der Waals surface area contributed by atoms with Crippen molar-refractivity contribution in [3.63, 3.8) is 0 Å². The van der Waals surface area contributed by atoms with Gasteiger partial charge >= 0.3 is 0 Å². The zero-order chi connectivity index (χ0) is 12.4. The van der Waals surface area contributed by atoms with E-state index in [1.165, 1.54) is 11.1 Å². The van der Waals surface area contributed by atoms with Gasteiger partial charge in [0.05, 0.1) is 19.8 Å². The third-order valence-corrected chi connectivity index (χ3v) is 3.37. The molecule has 1 saturated heterocycles. The predicted molar refractivity (Wildman–Crippen MR) is 71.0 cm³/mol. The SMILES string of the molecule is COc1ccc2cc(C3COCCCN3)[nH]c2c1. The second-order valence-electron chi connectivity index (χ2n) is 4.61. The minimum Gasteiger partial charge on any atom is -0.497 e. The fourth-order valence-corrected chi connectivity index (χ4v) is 2.35. The van der Waals surface area contributed by atoms with E-state index in [-0.39, 0.29) is 6.04 Å². The number of ether oxygens (including phenoxy) is 2. The highest BCUT2D eigenvalue weighted by atomic mass is 16.5. The average molecular weight is 246 g/mol. The number of benzene rings is 1. The number of methoxy groups -OCH3 is 1. The molecule has 96 valence electrons. The third kappa shape index (κ3) is 2.21. The summed E-state index contributed by atoms with van der Waals surface area (Å²) in [6.45, 7) is 2.57. The second-order valence-corrected chi connectivity index (χ2v) is 4.61. The van der Waals surface area contributed by atoms with Crippen molar-refractivity contribution < 1.29 is 9.47 Å². The first-order chi connectivity index (χ1) is 8.86. The molecule has 18 heavy (non-hydrogen) atoms. The van der Waals surface area contributed by atoms with Crippen molar-refractivity contribution in [2.45, 2.75) is 12.5 Å². The van der Waals surface area contributed by atoms with Gasteiger partial charge in [0, 0.05) is 23.9 Å². The van der Waals surface area contributed by atoms with E-state index in [4.69, 9.17) is 9.47 Å². The highest BCUT2D eigenvalue weighted by molar-refractivity contribution is 5.82. The summed E-state index contributed by atoms with van der Waals surface area (Å²) in [6, 6.07) is 8.52. The lowest BCUT2D eigenvalue weighted by atomic mass is 10.2. The van der Waals surface area contributed by atoms with Gasteiger partial charge in [0.25, 0.3) is 0 Å². The first kappa shape index (κ1) is 11.6. The summed E-state index contributed by atoms with van der Waals surface area (Å²) in [6.07, 6.45) is 1.07. The fraction of sp³-hybridized carbons (Fsp3) is 0.429. The maximum Gasteiger partial charge on any atom is 0.120 e. The van der Waals surface area contributed by atoms with E-state index in [0.717, 1.165) is 37.4 Å². The summed E-state index contributed by atoms with van der Waals surface area (Å²) < 4.78 is 10.8. The maximum atomic E-state index is 5.60. The minimum atomic E-state index is 0.255. The summed E-state index contributed by atoms with van der Waals surface area (Å²) >= 11 is 0. The quantitative estimate of drug-likeness (QED) is 0.854. The molecule has 0 saturated carbocycles. The molecule has 1 unspecified atom stereocenters. The van der Waals surface area contributed by atoms with Crippen LogP contribution in [0.2, 0.25) is 0 Å². The Morgan fingerprint density at radius 2 is 2.28 bits per heavy atom.